The first-order valence-corrected chi connectivity index (χ1v) is 7.67. The Morgan fingerprint density at radius 3 is 2.65 bits per heavy atom. The number of hydrogen-bond acceptors (Lipinski definition) is 1. The normalized spacial score (nSPS) is 11.1. The molecule has 4 heteroatoms. The molecule has 0 bridgehead atoms. The molecular weight excluding hydrogens is 333 g/mol. The minimum atomic E-state index is 0.588. The summed E-state index contributed by atoms with van der Waals surface area (Å²) in [5, 5.41) is 1.24. The zero-order valence-corrected chi connectivity index (χ0v) is 13.7. The van der Waals surface area contributed by atoms with Crippen molar-refractivity contribution in [1.29, 1.82) is 0 Å². The molecule has 3 rings (SSSR count). The van der Waals surface area contributed by atoms with Gasteiger partial charge < -0.3 is 9.09 Å². The zero-order valence-electron chi connectivity index (χ0n) is 10.9. The van der Waals surface area contributed by atoms with Crippen LogP contribution in [0.2, 0.25) is 0 Å². The van der Waals surface area contributed by atoms with E-state index in [2.05, 4.69) is 78.6 Å². The molecule has 0 saturated carbocycles. The Labute approximate surface area is 129 Å². The summed E-state index contributed by atoms with van der Waals surface area (Å²) in [6, 6.07) is 17.0. The molecule has 0 aliphatic rings. The molecule has 1 unspecified atom stereocenters. The SMILES string of the molecule is POCc1cc2ccn(Cc3ccccc3)c2cc1Br. The summed E-state index contributed by atoms with van der Waals surface area (Å²) in [6.07, 6.45) is 2.13. The van der Waals surface area contributed by atoms with Crippen molar-refractivity contribution < 1.29 is 4.52 Å². The van der Waals surface area contributed by atoms with Crippen molar-refractivity contribution in [2.45, 2.75) is 13.2 Å². The average Bonchev–Trinajstić information content (AvgIpc) is 2.83. The predicted molar refractivity (Wildman–Crippen MR) is 89.7 cm³/mol. The van der Waals surface area contributed by atoms with Gasteiger partial charge in [0.15, 0.2) is 0 Å². The van der Waals surface area contributed by atoms with Crippen molar-refractivity contribution in [3.05, 3.63) is 70.3 Å². The van der Waals surface area contributed by atoms with E-state index in [1.54, 1.807) is 0 Å². The minimum Gasteiger partial charge on any atom is -0.361 e. The second-order valence-electron chi connectivity index (χ2n) is 4.74. The van der Waals surface area contributed by atoms with Gasteiger partial charge in [-0.05, 0) is 29.3 Å². The van der Waals surface area contributed by atoms with Gasteiger partial charge in [-0.15, -0.1) is 0 Å². The lowest BCUT2D eigenvalue weighted by molar-refractivity contribution is 0.361. The third kappa shape index (κ3) is 2.80. The highest BCUT2D eigenvalue weighted by Gasteiger charge is 2.07. The molecule has 0 aliphatic carbocycles. The van der Waals surface area contributed by atoms with Crippen LogP contribution in [-0.4, -0.2) is 4.57 Å². The second-order valence-corrected chi connectivity index (χ2v) is 5.93. The number of hydrogen-bond donors (Lipinski definition) is 0. The largest absolute Gasteiger partial charge is 0.361 e. The fourth-order valence-electron chi connectivity index (χ4n) is 2.38. The van der Waals surface area contributed by atoms with Crippen molar-refractivity contribution in [2.24, 2.45) is 0 Å². The van der Waals surface area contributed by atoms with Gasteiger partial charge in [-0.1, -0.05) is 46.3 Å². The van der Waals surface area contributed by atoms with Gasteiger partial charge in [0.05, 0.1) is 6.61 Å². The molecule has 1 atom stereocenters. The Morgan fingerprint density at radius 1 is 1.10 bits per heavy atom. The molecule has 0 amide bonds. The monoisotopic (exact) mass is 347 g/mol. The first-order chi connectivity index (χ1) is 9.78. The number of halogens is 1. The Morgan fingerprint density at radius 2 is 1.90 bits per heavy atom. The van der Waals surface area contributed by atoms with E-state index < -0.39 is 0 Å². The number of benzene rings is 2. The minimum absolute atomic E-state index is 0.588. The van der Waals surface area contributed by atoms with Crippen LogP contribution < -0.4 is 0 Å². The summed E-state index contributed by atoms with van der Waals surface area (Å²) in [7, 11) is 2.29. The van der Waals surface area contributed by atoms with Gasteiger partial charge >= 0.3 is 0 Å². The molecule has 0 N–H and O–H groups in total. The van der Waals surface area contributed by atoms with Crippen LogP contribution in [0.1, 0.15) is 11.1 Å². The van der Waals surface area contributed by atoms with E-state index in [0.29, 0.717) is 6.61 Å². The fraction of sp³-hybridized carbons (Fsp3) is 0.125. The molecule has 0 saturated heterocycles. The molecule has 0 radical (unpaired) electrons. The number of fused-ring (bicyclic) bond motifs is 1. The van der Waals surface area contributed by atoms with Crippen molar-refractivity contribution in [1.82, 2.24) is 4.57 Å². The smallest absolute Gasteiger partial charge is 0.0763 e. The predicted octanol–water partition coefficient (Wildman–Crippen LogP) is 4.76. The lowest BCUT2D eigenvalue weighted by Crippen LogP contribution is -1.98. The van der Waals surface area contributed by atoms with Crippen molar-refractivity contribution in [2.75, 3.05) is 0 Å². The highest BCUT2D eigenvalue weighted by atomic mass is 79.9. The molecule has 3 aromatic rings. The maximum atomic E-state index is 5.14. The van der Waals surface area contributed by atoms with Gasteiger partial charge in [-0.2, -0.15) is 0 Å². The van der Waals surface area contributed by atoms with Crippen LogP contribution in [-0.2, 0) is 17.7 Å². The topological polar surface area (TPSA) is 14.2 Å². The van der Waals surface area contributed by atoms with Gasteiger partial charge in [0.25, 0.3) is 0 Å². The van der Waals surface area contributed by atoms with E-state index >= 15 is 0 Å². The van der Waals surface area contributed by atoms with Crippen LogP contribution in [0, 0.1) is 0 Å². The van der Waals surface area contributed by atoms with Gasteiger partial charge in [0.2, 0.25) is 0 Å². The third-order valence-corrected chi connectivity index (χ3v) is 4.28. The maximum absolute atomic E-state index is 5.14. The van der Waals surface area contributed by atoms with Gasteiger partial charge in [-0.25, -0.2) is 0 Å². The highest BCUT2D eigenvalue weighted by molar-refractivity contribution is 9.10. The summed E-state index contributed by atoms with van der Waals surface area (Å²) >= 11 is 3.62. The van der Waals surface area contributed by atoms with E-state index in [0.717, 1.165) is 16.6 Å². The molecule has 0 spiro atoms. The van der Waals surface area contributed by atoms with Crippen LogP contribution in [0.4, 0.5) is 0 Å². The number of nitrogens with zero attached hydrogens (tertiary/aromatic N) is 1. The summed E-state index contributed by atoms with van der Waals surface area (Å²) < 4.78 is 8.49. The summed E-state index contributed by atoms with van der Waals surface area (Å²) in [5.74, 6) is 0. The molecule has 0 fully saturated rings. The van der Waals surface area contributed by atoms with Gasteiger partial charge in [0.1, 0.15) is 0 Å². The Hall–Kier alpha value is -1.15. The molecule has 1 heterocycles. The molecule has 1 aromatic heterocycles. The highest BCUT2D eigenvalue weighted by Crippen LogP contribution is 2.27. The van der Waals surface area contributed by atoms with Gasteiger partial charge in [-0.3, -0.25) is 0 Å². The molecule has 2 aromatic carbocycles. The summed E-state index contributed by atoms with van der Waals surface area (Å²) in [5.41, 5.74) is 3.69. The van der Waals surface area contributed by atoms with Crippen LogP contribution >= 0.6 is 25.4 Å². The third-order valence-electron chi connectivity index (χ3n) is 3.37. The second kappa shape index (κ2) is 6.09. The zero-order chi connectivity index (χ0) is 13.9. The molecule has 102 valence electrons. The lowest BCUT2D eigenvalue weighted by atomic mass is 10.1. The van der Waals surface area contributed by atoms with Crippen LogP contribution in [0.15, 0.2) is 59.2 Å². The van der Waals surface area contributed by atoms with Crippen molar-refractivity contribution >= 4 is 36.3 Å². The van der Waals surface area contributed by atoms with E-state index in [4.69, 9.17) is 4.52 Å². The van der Waals surface area contributed by atoms with Crippen molar-refractivity contribution in [3.63, 3.8) is 0 Å². The summed E-state index contributed by atoms with van der Waals surface area (Å²) in [4.78, 5) is 0. The standard InChI is InChI=1S/C16H15BrNOP/c17-15-9-16-13(8-14(15)11-19-20)6-7-18(16)10-12-4-2-1-3-5-12/h1-9H,10-11,20H2. The van der Waals surface area contributed by atoms with Crippen LogP contribution in [0.25, 0.3) is 10.9 Å². The van der Waals surface area contributed by atoms with E-state index in [-0.39, 0.29) is 0 Å². The number of aromatic nitrogens is 1. The lowest BCUT2D eigenvalue weighted by Gasteiger charge is -2.08. The molecule has 0 aliphatic heterocycles. The van der Waals surface area contributed by atoms with Crippen LogP contribution in [0.5, 0.6) is 0 Å². The molecule has 2 nitrogen and oxygen atoms in total. The quantitative estimate of drug-likeness (QED) is 0.620. The number of rotatable bonds is 4. The molecule has 20 heavy (non-hydrogen) atoms. The van der Waals surface area contributed by atoms with E-state index in [1.807, 2.05) is 6.07 Å². The Balaban J connectivity index is 1.99. The van der Waals surface area contributed by atoms with E-state index in [1.165, 1.54) is 16.5 Å². The fourth-order valence-corrected chi connectivity index (χ4v) is 3.00. The van der Waals surface area contributed by atoms with Crippen LogP contribution in [0.3, 0.4) is 0 Å². The maximum Gasteiger partial charge on any atom is 0.0763 e. The summed E-state index contributed by atoms with van der Waals surface area (Å²) in [6.45, 7) is 1.47. The Kier molecular flexibility index (Phi) is 4.21. The first-order valence-electron chi connectivity index (χ1n) is 6.41. The average molecular weight is 348 g/mol. The molecular formula is C16H15BrNOP. The van der Waals surface area contributed by atoms with Gasteiger partial charge in [0, 0.05) is 37.6 Å². The van der Waals surface area contributed by atoms with Crippen molar-refractivity contribution in [3.8, 4) is 0 Å². The van der Waals surface area contributed by atoms with E-state index in [9.17, 15) is 0 Å². The first kappa shape index (κ1) is 13.8. The Bertz CT molecular complexity index is 724.